The average Bonchev–Trinajstić information content (AvgIpc) is 2.02. The summed E-state index contributed by atoms with van der Waals surface area (Å²) in [6.45, 7) is 1.75. The third-order valence-corrected chi connectivity index (χ3v) is 1.99. The minimum atomic E-state index is -2.38. The number of alkyl halides is 2. The van der Waals surface area contributed by atoms with Crippen molar-refractivity contribution in [3.63, 3.8) is 0 Å². The molecule has 0 aliphatic rings. The zero-order valence-corrected chi connectivity index (χ0v) is 7.54. The first-order valence-corrected chi connectivity index (χ1v) is 4.23. The highest BCUT2D eigenvalue weighted by Crippen LogP contribution is 2.19. The molecule has 0 saturated carbocycles. The van der Waals surface area contributed by atoms with Crippen LogP contribution in [0.25, 0.3) is 0 Å². The molecule has 0 heterocycles. The van der Waals surface area contributed by atoms with Crippen LogP contribution >= 0.6 is 0 Å². The molecule has 0 aromatic rings. The van der Waals surface area contributed by atoms with Crippen LogP contribution in [0.15, 0.2) is 0 Å². The minimum Gasteiger partial charge on any atom is -0.480 e. The third-order valence-electron chi connectivity index (χ3n) is 1.99. The summed E-state index contributed by atoms with van der Waals surface area (Å²) < 4.78 is 23.9. The predicted octanol–water partition coefficient (Wildman–Crippen LogP) is 1.47. The summed E-state index contributed by atoms with van der Waals surface area (Å²) in [5, 5.41) is 8.45. The molecule has 0 spiro atoms. The normalized spacial score (nSPS) is 15.8. The van der Waals surface area contributed by atoms with Gasteiger partial charge in [0.05, 0.1) is 0 Å². The van der Waals surface area contributed by atoms with E-state index in [1.165, 1.54) is 0 Å². The van der Waals surface area contributed by atoms with Crippen molar-refractivity contribution >= 4 is 5.97 Å². The van der Waals surface area contributed by atoms with Crippen molar-refractivity contribution in [2.45, 2.75) is 38.7 Å². The highest BCUT2D eigenvalue weighted by Gasteiger charge is 2.20. The lowest BCUT2D eigenvalue weighted by molar-refractivity contribution is -0.139. The van der Waals surface area contributed by atoms with Crippen molar-refractivity contribution in [2.75, 3.05) is 0 Å². The van der Waals surface area contributed by atoms with Crippen LogP contribution in [0.4, 0.5) is 8.78 Å². The van der Waals surface area contributed by atoms with Gasteiger partial charge in [-0.2, -0.15) is 0 Å². The summed E-state index contributed by atoms with van der Waals surface area (Å²) in [6.07, 6.45) is -2.00. The van der Waals surface area contributed by atoms with Gasteiger partial charge in [0, 0.05) is 6.42 Å². The van der Waals surface area contributed by atoms with Crippen LogP contribution in [0, 0.1) is 5.92 Å². The van der Waals surface area contributed by atoms with E-state index in [9.17, 15) is 13.6 Å². The highest BCUT2D eigenvalue weighted by atomic mass is 19.3. The Kier molecular flexibility index (Phi) is 5.53. The zero-order chi connectivity index (χ0) is 10.4. The van der Waals surface area contributed by atoms with E-state index in [1.54, 1.807) is 6.92 Å². The lowest BCUT2D eigenvalue weighted by Crippen LogP contribution is -2.32. The van der Waals surface area contributed by atoms with Gasteiger partial charge >= 0.3 is 5.97 Å². The molecule has 0 fully saturated rings. The SMILES string of the molecule is CCC(CC(F)F)C[C@@H](N)C(=O)O. The number of hydrogen-bond acceptors (Lipinski definition) is 2. The molecule has 1 unspecified atom stereocenters. The smallest absolute Gasteiger partial charge is 0.320 e. The second kappa shape index (κ2) is 5.85. The van der Waals surface area contributed by atoms with E-state index >= 15 is 0 Å². The molecule has 0 rings (SSSR count). The van der Waals surface area contributed by atoms with Crippen LogP contribution in [0.3, 0.4) is 0 Å². The lowest BCUT2D eigenvalue weighted by atomic mass is 9.94. The Balaban J connectivity index is 3.90. The highest BCUT2D eigenvalue weighted by molar-refractivity contribution is 5.72. The third kappa shape index (κ3) is 5.52. The summed E-state index contributed by atoms with van der Waals surface area (Å²) in [5.41, 5.74) is 5.22. The maximum absolute atomic E-state index is 11.9. The van der Waals surface area contributed by atoms with Crippen LogP contribution in [-0.4, -0.2) is 23.5 Å². The molecule has 0 bridgehead atoms. The van der Waals surface area contributed by atoms with Crippen molar-refractivity contribution in [2.24, 2.45) is 11.7 Å². The van der Waals surface area contributed by atoms with Gasteiger partial charge in [0.2, 0.25) is 6.43 Å². The van der Waals surface area contributed by atoms with Gasteiger partial charge in [-0.3, -0.25) is 4.79 Å². The van der Waals surface area contributed by atoms with Crippen molar-refractivity contribution in [3.8, 4) is 0 Å². The molecule has 0 aromatic heterocycles. The summed E-state index contributed by atoms with van der Waals surface area (Å²) >= 11 is 0. The van der Waals surface area contributed by atoms with E-state index in [-0.39, 0.29) is 18.8 Å². The molecule has 3 N–H and O–H groups in total. The number of carboxylic acid groups (broad SMARTS) is 1. The van der Waals surface area contributed by atoms with Gasteiger partial charge in [-0.25, -0.2) is 8.78 Å². The average molecular weight is 195 g/mol. The van der Waals surface area contributed by atoms with Gasteiger partial charge in [-0.1, -0.05) is 13.3 Å². The number of carboxylic acids is 1. The van der Waals surface area contributed by atoms with Gasteiger partial charge in [0.25, 0.3) is 0 Å². The van der Waals surface area contributed by atoms with Crippen molar-refractivity contribution < 1.29 is 18.7 Å². The topological polar surface area (TPSA) is 63.3 Å². The second-order valence-corrected chi connectivity index (χ2v) is 3.08. The summed E-state index contributed by atoms with van der Waals surface area (Å²) in [4.78, 5) is 10.3. The molecule has 2 atom stereocenters. The molecular weight excluding hydrogens is 180 g/mol. The van der Waals surface area contributed by atoms with Gasteiger partial charge in [-0.15, -0.1) is 0 Å². The quantitative estimate of drug-likeness (QED) is 0.674. The van der Waals surface area contributed by atoms with Gasteiger partial charge < -0.3 is 10.8 Å². The number of nitrogens with two attached hydrogens (primary N) is 1. The van der Waals surface area contributed by atoms with E-state index < -0.39 is 18.4 Å². The van der Waals surface area contributed by atoms with Crippen molar-refractivity contribution in [1.82, 2.24) is 0 Å². The van der Waals surface area contributed by atoms with E-state index in [0.29, 0.717) is 6.42 Å². The van der Waals surface area contributed by atoms with E-state index in [2.05, 4.69) is 0 Å². The summed E-state index contributed by atoms with van der Waals surface area (Å²) in [7, 11) is 0. The number of rotatable bonds is 6. The van der Waals surface area contributed by atoms with E-state index in [1.807, 2.05) is 0 Å². The van der Waals surface area contributed by atoms with Crippen LogP contribution < -0.4 is 5.73 Å². The van der Waals surface area contributed by atoms with Crippen LogP contribution in [0.2, 0.25) is 0 Å². The Morgan fingerprint density at radius 1 is 1.46 bits per heavy atom. The zero-order valence-electron chi connectivity index (χ0n) is 7.54. The molecule has 5 heteroatoms. The molecule has 0 radical (unpaired) electrons. The first-order chi connectivity index (χ1) is 5.97. The Morgan fingerprint density at radius 3 is 2.31 bits per heavy atom. The number of halogens is 2. The summed E-state index contributed by atoms with van der Waals surface area (Å²) in [5.74, 6) is -1.43. The number of hydrogen-bond donors (Lipinski definition) is 2. The molecule has 0 amide bonds. The van der Waals surface area contributed by atoms with Crippen LogP contribution in [-0.2, 0) is 4.79 Å². The molecule has 0 saturated heterocycles. The van der Waals surface area contributed by atoms with Crippen molar-refractivity contribution in [3.05, 3.63) is 0 Å². The molecule has 0 aliphatic heterocycles. The molecule has 13 heavy (non-hydrogen) atoms. The summed E-state index contributed by atoms with van der Waals surface area (Å²) in [6, 6.07) is -1.02. The maximum Gasteiger partial charge on any atom is 0.320 e. The monoisotopic (exact) mass is 195 g/mol. The predicted molar refractivity (Wildman–Crippen MR) is 44.6 cm³/mol. The van der Waals surface area contributed by atoms with Crippen LogP contribution in [0.1, 0.15) is 26.2 Å². The molecule has 0 aromatic carbocycles. The molecule has 78 valence electrons. The van der Waals surface area contributed by atoms with Gasteiger partial charge in [-0.05, 0) is 12.3 Å². The minimum absolute atomic E-state index is 0.121. The maximum atomic E-state index is 11.9. The number of carbonyl (C=O) groups is 1. The Morgan fingerprint density at radius 2 is 2.00 bits per heavy atom. The molecular formula is C8H15F2NO2. The second-order valence-electron chi connectivity index (χ2n) is 3.08. The fraction of sp³-hybridized carbons (Fsp3) is 0.875. The lowest BCUT2D eigenvalue weighted by Gasteiger charge is -2.16. The Labute approximate surface area is 75.9 Å². The largest absolute Gasteiger partial charge is 0.480 e. The van der Waals surface area contributed by atoms with E-state index in [0.717, 1.165) is 0 Å². The Hall–Kier alpha value is -0.710. The molecule has 0 aliphatic carbocycles. The first kappa shape index (κ1) is 12.3. The Bertz CT molecular complexity index is 164. The number of aliphatic carboxylic acids is 1. The van der Waals surface area contributed by atoms with Gasteiger partial charge in [0.1, 0.15) is 6.04 Å². The standard InChI is InChI=1S/C8H15F2NO2/c1-2-5(4-7(9)10)3-6(11)8(12)13/h5-7H,2-4,11H2,1H3,(H,12,13)/t5?,6-/m1/s1. The first-order valence-electron chi connectivity index (χ1n) is 4.23. The molecule has 3 nitrogen and oxygen atoms in total. The van der Waals surface area contributed by atoms with Crippen molar-refractivity contribution in [1.29, 1.82) is 0 Å². The van der Waals surface area contributed by atoms with E-state index in [4.69, 9.17) is 10.8 Å². The fourth-order valence-corrected chi connectivity index (χ4v) is 1.14. The fourth-order valence-electron chi connectivity index (χ4n) is 1.14. The van der Waals surface area contributed by atoms with Gasteiger partial charge in [0.15, 0.2) is 0 Å². The van der Waals surface area contributed by atoms with Crippen LogP contribution in [0.5, 0.6) is 0 Å².